The Bertz CT molecular complexity index is 578. The molecule has 1 unspecified atom stereocenters. The van der Waals surface area contributed by atoms with Crippen LogP contribution < -0.4 is 5.32 Å². The van der Waals surface area contributed by atoms with E-state index in [1.54, 1.807) is 14.0 Å². The fourth-order valence-electron chi connectivity index (χ4n) is 2.55. The van der Waals surface area contributed by atoms with E-state index in [0.717, 1.165) is 11.1 Å². The van der Waals surface area contributed by atoms with Crippen LogP contribution in [0, 0.1) is 11.8 Å². The Balaban J connectivity index is 2.59. The van der Waals surface area contributed by atoms with Gasteiger partial charge in [-0.3, -0.25) is 14.4 Å². The molecule has 0 saturated carbocycles. The van der Waals surface area contributed by atoms with Crippen LogP contribution in [-0.2, 0) is 32.1 Å². The van der Waals surface area contributed by atoms with Gasteiger partial charge in [0, 0.05) is 19.9 Å². The van der Waals surface area contributed by atoms with Gasteiger partial charge in [0.25, 0.3) is 0 Å². The predicted octanol–water partition coefficient (Wildman–Crippen LogP) is 3.05. The number of benzene rings is 1. The third kappa shape index (κ3) is 7.96. The van der Waals surface area contributed by atoms with Crippen LogP contribution in [0.4, 0.5) is 0 Å². The number of likely N-dealkylation sites (N-methyl/N-ethyl adjacent to an activating group) is 1. The van der Waals surface area contributed by atoms with Crippen molar-refractivity contribution in [1.29, 1.82) is 0 Å². The second-order valence-electron chi connectivity index (χ2n) is 6.70. The van der Waals surface area contributed by atoms with E-state index in [1.807, 2.05) is 38.1 Å². The quantitative estimate of drug-likeness (QED) is 0.660. The Hall–Kier alpha value is -2.17. The molecule has 0 aromatic heterocycles. The van der Waals surface area contributed by atoms with Gasteiger partial charge in [0.15, 0.2) is 0 Å². The minimum atomic E-state index is -0.375. The maximum absolute atomic E-state index is 12.3. The van der Waals surface area contributed by atoms with Crippen LogP contribution >= 0.6 is 0 Å². The number of ketones is 1. The molecular formula is C20H29NO4. The van der Waals surface area contributed by atoms with Gasteiger partial charge in [0.05, 0.1) is 12.3 Å². The van der Waals surface area contributed by atoms with E-state index < -0.39 is 0 Å². The Morgan fingerprint density at radius 3 is 2.20 bits per heavy atom. The van der Waals surface area contributed by atoms with Crippen molar-refractivity contribution in [2.45, 2.75) is 53.1 Å². The number of rotatable bonds is 10. The normalized spacial score (nSPS) is 11.9. The van der Waals surface area contributed by atoms with Gasteiger partial charge in [-0.2, -0.15) is 0 Å². The minimum absolute atomic E-state index is 0.0451. The van der Waals surface area contributed by atoms with E-state index >= 15 is 0 Å². The number of Topliss-reactive ketones (excluding diaryl/α,β-unsaturated/α-hetero) is 1. The molecule has 1 aromatic rings. The minimum Gasteiger partial charge on any atom is -0.461 e. The summed E-state index contributed by atoms with van der Waals surface area (Å²) in [7, 11) is 1.60. The molecule has 1 aromatic carbocycles. The lowest BCUT2D eigenvalue weighted by Gasteiger charge is -2.17. The lowest BCUT2D eigenvalue weighted by molar-refractivity contribution is -0.152. The highest BCUT2D eigenvalue weighted by molar-refractivity contribution is 5.84. The van der Waals surface area contributed by atoms with E-state index in [4.69, 9.17) is 4.74 Å². The Morgan fingerprint density at radius 2 is 1.68 bits per heavy atom. The molecule has 0 aliphatic carbocycles. The number of carbonyl (C=O) groups excluding carboxylic acids is 3. The zero-order valence-electron chi connectivity index (χ0n) is 15.6. The highest BCUT2D eigenvalue weighted by Crippen LogP contribution is 2.19. The zero-order valence-corrected chi connectivity index (χ0v) is 15.6. The second-order valence-corrected chi connectivity index (χ2v) is 6.70. The maximum atomic E-state index is 12.3. The van der Waals surface area contributed by atoms with Crippen molar-refractivity contribution in [3.8, 4) is 0 Å². The molecule has 0 fully saturated rings. The third-order valence-corrected chi connectivity index (χ3v) is 4.01. The van der Waals surface area contributed by atoms with Gasteiger partial charge >= 0.3 is 5.97 Å². The Morgan fingerprint density at radius 1 is 1.08 bits per heavy atom. The van der Waals surface area contributed by atoms with Crippen LogP contribution in [-0.4, -0.2) is 24.7 Å². The molecular weight excluding hydrogens is 318 g/mol. The molecule has 0 aliphatic heterocycles. The smallest absolute Gasteiger partial charge is 0.309 e. The number of amides is 1. The van der Waals surface area contributed by atoms with E-state index in [-0.39, 0.29) is 36.6 Å². The van der Waals surface area contributed by atoms with E-state index in [2.05, 4.69) is 5.32 Å². The molecule has 1 atom stereocenters. The average molecular weight is 347 g/mol. The molecule has 25 heavy (non-hydrogen) atoms. The van der Waals surface area contributed by atoms with Gasteiger partial charge in [-0.25, -0.2) is 0 Å². The van der Waals surface area contributed by atoms with Crippen LogP contribution in [0.25, 0.3) is 0 Å². The molecule has 0 saturated heterocycles. The van der Waals surface area contributed by atoms with E-state index in [9.17, 15) is 14.4 Å². The fourth-order valence-corrected chi connectivity index (χ4v) is 2.55. The van der Waals surface area contributed by atoms with Gasteiger partial charge in [0.2, 0.25) is 5.91 Å². The zero-order chi connectivity index (χ0) is 18.8. The van der Waals surface area contributed by atoms with Crippen molar-refractivity contribution in [3.05, 3.63) is 35.4 Å². The van der Waals surface area contributed by atoms with E-state index in [0.29, 0.717) is 25.2 Å². The van der Waals surface area contributed by atoms with Crippen molar-refractivity contribution < 1.29 is 19.1 Å². The summed E-state index contributed by atoms with van der Waals surface area (Å²) in [5.74, 6) is -0.325. The van der Waals surface area contributed by atoms with Crippen LogP contribution in [0.15, 0.2) is 24.3 Å². The average Bonchev–Trinajstić information content (AvgIpc) is 2.59. The molecule has 138 valence electrons. The van der Waals surface area contributed by atoms with Crippen molar-refractivity contribution >= 4 is 17.7 Å². The number of carbonyl (C=O) groups is 3. The van der Waals surface area contributed by atoms with Crippen LogP contribution in [0.2, 0.25) is 0 Å². The first-order valence-electron chi connectivity index (χ1n) is 8.82. The van der Waals surface area contributed by atoms with Gasteiger partial charge < -0.3 is 10.1 Å². The summed E-state index contributed by atoms with van der Waals surface area (Å²) in [5, 5.41) is 2.58. The van der Waals surface area contributed by atoms with Gasteiger partial charge in [-0.15, -0.1) is 0 Å². The van der Waals surface area contributed by atoms with Crippen LogP contribution in [0.5, 0.6) is 0 Å². The first-order chi connectivity index (χ1) is 11.8. The topological polar surface area (TPSA) is 72.5 Å². The maximum Gasteiger partial charge on any atom is 0.309 e. The Kier molecular flexibility index (Phi) is 8.89. The first kappa shape index (κ1) is 20.9. The molecule has 0 bridgehead atoms. The molecule has 0 spiro atoms. The molecule has 1 rings (SSSR count). The summed E-state index contributed by atoms with van der Waals surface area (Å²) in [6, 6.07) is 7.40. The van der Waals surface area contributed by atoms with Crippen LogP contribution in [0.3, 0.4) is 0 Å². The monoisotopic (exact) mass is 347 g/mol. The lowest BCUT2D eigenvalue weighted by Crippen LogP contribution is -2.22. The molecule has 0 radical (unpaired) electrons. The number of nitrogens with one attached hydrogen (secondary N) is 1. The summed E-state index contributed by atoms with van der Waals surface area (Å²) < 4.78 is 5.41. The van der Waals surface area contributed by atoms with Gasteiger partial charge in [-0.05, 0) is 23.5 Å². The summed E-state index contributed by atoms with van der Waals surface area (Å²) in [5.41, 5.74) is 1.76. The molecule has 0 heterocycles. The van der Waals surface area contributed by atoms with Crippen molar-refractivity contribution in [2.75, 3.05) is 7.05 Å². The summed E-state index contributed by atoms with van der Waals surface area (Å²) in [6.45, 7) is 6.04. The van der Waals surface area contributed by atoms with Crippen molar-refractivity contribution in [2.24, 2.45) is 11.8 Å². The molecule has 1 N–H and O–H groups in total. The van der Waals surface area contributed by atoms with Gasteiger partial charge in [-0.1, -0.05) is 45.0 Å². The van der Waals surface area contributed by atoms with Crippen molar-refractivity contribution in [1.82, 2.24) is 5.32 Å². The van der Waals surface area contributed by atoms with Crippen LogP contribution in [0.1, 0.15) is 51.2 Å². The lowest BCUT2D eigenvalue weighted by atomic mass is 9.92. The molecule has 5 nitrogen and oxygen atoms in total. The van der Waals surface area contributed by atoms with Gasteiger partial charge in [0.1, 0.15) is 12.4 Å². The summed E-state index contributed by atoms with van der Waals surface area (Å²) in [4.78, 5) is 35.4. The largest absolute Gasteiger partial charge is 0.461 e. The first-order valence-corrected chi connectivity index (χ1v) is 8.82. The Labute approximate surface area is 150 Å². The highest BCUT2D eigenvalue weighted by Gasteiger charge is 2.23. The fraction of sp³-hybridized carbons (Fsp3) is 0.550. The van der Waals surface area contributed by atoms with Crippen molar-refractivity contribution in [3.63, 3.8) is 0 Å². The number of esters is 1. The number of ether oxygens (including phenoxy) is 1. The molecule has 5 heteroatoms. The summed E-state index contributed by atoms with van der Waals surface area (Å²) in [6.07, 6.45) is 1.66. The molecule has 0 aliphatic rings. The second kappa shape index (κ2) is 10.6. The third-order valence-electron chi connectivity index (χ3n) is 4.01. The number of hydrogen-bond donors (Lipinski definition) is 1. The summed E-state index contributed by atoms with van der Waals surface area (Å²) >= 11 is 0. The number of hydrogen-bond acceptors (Lipinski definition) is 4. The predicted molar refractivity (Wildman–Crippen MR) is 96.9 cm³/mol. The molecule has 1 amide bonds. The van der Waals surface area contributed by atoms with E-state index in [1.165, 1.54) is 0 Å². The SMILES string of the molecule is CCC(=O)CC(CC(C)C)C(=O)OCc1ccc(CC(=O)NC)cc1. The highest BCUT2D eigenvalue weighted by atomic mass is 16.5. The standard InChI is InChI=1S/C20H29NO4/c1-5-18(22)12-17(10-14(2)3)20(24)25-13-16-8-6-15(7-9-16)11-19(23)21-4/h6-9,14,17H,5,10-13H2,1-4H3,(H,21,23).